The molecule has 4 atom stereocenters. The fourth-order valence-electron chi connectivity index (χ4n) is 14.7. The highest BCUT2D eigenvalue weighted by atomic mass is 33.1. The number of aromatic carboxylic acids is 3. The summed E-state index contributed by atoms with van der Waals surface area (Å²) in [4.78, 5) is 91.8. The van der Waals surface area contributed by atoms with Crippen LogP contribution >= 0.6 is 44.7 Å². The molecule has 0 spiro atoms. The van der Waals surface area contributed by atoms with Crippen molar-refractivity contribution in [1.82, 2.24) is 21.3 Å². The van der Waals surface area contributed by atoms with Crippen LogP contribution in [-0.2, 0) is 34.9 Å². The first-order chi connectivity index (χ1) is 66.8. The van der Waals surface area contributed by atoms with Gasteiger partial charge in [-0.25, -0.2) is 50.0 Å². The summed E-state index contributed by atoms with van der Waals surface area (Å²) in [5.74, 6) is -2.06. The number of phenols is 1. The Labute approximate surface area is 836 Å². The number of aromatic hydroxyl groups is 1. The first-order valence-corrected chi connectivity index (χ1v) is 50.0. The van der Waals surface area contributed by atoms with Crippen LogP contribution in [0.1, 0.15) is 232 Å². The summed E-state index contributed by atoms with van der Waals surface area (Å²) in [6, 6.07) is 86.6. The molecule has 0 saturated heterocycles. The summed E-state index contributed by atoms with van der Waals surface area (Å²) in [5.41, 5.74) is 23.7. The predicted molar refractivity (Wildman–Crippen MR) is 565 cm³/mol. The van der Waals surface area contributed by atoms with Crippen LogP contribution < -0.4 is 25.8 Å². The quantitative estimate of drug-likeness (QED) is 0.0110. The molecule has 2 aliphatic heterocycles. The largest absolute Gasteiger partial charge is 0.507 e. The van der Waals surface area contributed by atoms with Crippen LogP contribution in [0.2, 0.25) is 0 Å². The number of amidine groups is 2. The third-order valence-electron chi connectivity index (χ3n) is 22.1. The molecule has 0 fully saturated rings. The molecular weight excluding hydrogens is 1840 g/mol. The van der Waals surface area contributed by atoms with E-state index < -0.39 is 48.3 Å². The molecule has 0 saturated carbocycles. The van der Waals surface area contributed by atoms with Gasteiger partial charge < -0.3 is 50.5 Å². The molecule has 0 radical (unpaired) electrons. The van der Waals surface area contributed by atoms with Crippen molar-refractivity contribution < 1.29 is 83.7 Å². The number of hydroxylamine groups is 2. The van der Waals surface area contributed by atoms with Crippen molar-refractivity contribution in [2.24, 2.45) is 15.9 Å². The molecule has 23 nitrogen and oxygen atoms in total. The number of unbranched alkanes of at least 4 members (excludes halogenated alkanes) is 4. The Kier molecular flexibility index (Phi) is 42.7. The zero-order valence-electron chi connectivity index (χ0n) is 81.9. The van der Waals surface area contributed by atoms with E-state index in [1.54, 1.807) is 81.9 Å². The van der Waals surface area contributed by atoms with Crippen molar-refractivity contribution in [3.63, 3.8) is 0 Å². The van der Waals surface area contributed by atoms with E-state index in [0.717, 1.165) is 103 Å². The number of aliphatic carboxylic acids is 3. The molecule has 12 aromatic carbocycles. The number of aryl methyl sites for hydroxylation is 4. The molecule has 3 heterocycles. The Bertz CT molecular complexity index is 6260. The molecule has 1 aromatic heterocycles. The van der Waals surface area contributed by atoms with Gasteiger partial charge in [-0.3, -0.25) is 14.4 Å². The third kappa shape index (κ3) is 33.4. The predicted octanol–water partition coefficient (Wildman–Crippen LogP) is 27.3. The fourth-order valence-corrected chi connectivity index (χ4v) is 18.7. The number of rotatable bonds is 31. The van der Waals surface area contributed by atoms with Gasteiger partial charge in [0, 0.05) is 71.9 Å². The molecule has 2 aliphatic rings. The smallest absolute Gasteiger partial charge is 0.339 e. The summed E-state index contributed by atoms with van der Waals surface area (Å²) in [6.45, 7) is 30.8. The lowest BCUT2D eigenvalue weighted by Gasteiger charge is -2.25. The Morgan fingerprint density at radius 3 is 1.37 bits per heavy atom. The van der Waals surface area contributed by atoms with Gasteiger partial charge in [0.05, 0.1) is 37.1 Å². The zero-order valence-corrected chi connectivity index (χ0v) is 85.2. The molecule has 4 unspecified atom stereocenters. The molecule has 0 aliphatic carbocycles. The van der Waals surface area contributed by atoms with E-state index in [1.807, 2.05) is 97.9 Å². The Hall–Kier alpha value is -13.4. The number of aliphatic imine (C=N–C) groups is 2. The van der Waals surface area contributed by atoms with E-state index in [4.69, 9.17) is 69.9 Å². The van der Waals surface area contributed by atoms with Gasteiger partial charge in [-0.1, -0.05) is 314 Å². The maximum atomic E-state index is 11.1. The van der Waals surface area contributed by atoms with E-state index in [2.05, 4.69) is 207 Å². The second kappa shape index (κ2) is 54.3. The minimum atomic E-state index is -1.11. The van der Waals surface area contributed by atoms with Gasteiger partial charge in [0.25, 0.3) is 0 Å². The summed E-state index contributed by atoms with van der Waals surface area (Å²) in [5, 5.41) is 69.9. The molecule has 0 amide bonds. The Morgan fingerprint density at radius 1 is 0.464 bits per heavy atom. The van der Waals surface area contributed by atoms with Gasteiger partial charge in [-0.15, -0.1) is 23.1 Å². The van der Waals surface area contributed by atoms with Crippen molar-refractivity contribution in [3.05, 3.63) is 350 Å². The molecule has 15 rings (SSSR count). The van der Waals surface area contributed by atoms with E-state index in [1.165, 1.54) is 120 Å². The zero-order chi connectivity index (χ0) is 102. The van der Waals surface area contributed by atoms with Crippen LogP contribution in [0.4, 0.5) is 0 Å². The lowest BCUT2D eigenvalue weighted by molar-refractivity contribution is -0.138. The van der Waals surface area contributed by atoms with Crippen molar-refractivity contribution >= 4 is 103 Å². The lowest BCUT2D eigenvalue weighted by atomic mass is 9.83. The number of benzene rings is 12. The number of hydrogen-bond acceptors (Lipinski definition) is 21. The van der Waals surface area contributed by atoms with Gasteiger partial charge in [0.1, 0.15) is 33.1 Å². The second-order valence-electron chi connectivity index (χ2n) is 35.7. The van der Waals surface area contributed by atoms with Gasteiger partial charge in [0.2, 0.25) is 12.5 Å². The summed E-state index contributed by atoms with van der Waals surface area (Å²) >= 11 is 3.10. The first kappa shape index (κ1) is 110. The number of hydrogen-bond donors (Lipinski definition) is 10. The topological polar surface area (TPSA) is 355 Å². The maximum absolute atomic E-state index is 11.1. The number of nitrogens with zero attached hydrogens (tertiary/aromatic N) is 3. The number of thioether (sulfide) groups is 1. The number of methoxy groups -OCH3 is 2. The summed E-state index contributed by atoms with van der Waals surface area (Å²) < 4.78 is 12.0. The normalized spacial score (nSPS) is 13.3. The van der Waals surface area contributed by atoms with Gasteiger partial charge in [-0.2, -0.15) is 0 Å². The highest BCUT2D eigenvalue weighted by molar-refractivity contribution is 8.76. The molecule has 0 bridgehead atoms. The number of carboxylic acid groups (broad SMARTS) is 6. The van der Waals surface area contributed by atoms with Crippen LogP contribution in [0, 0.1) is 33.6 Å². The number of nitrogens with one attached hydrogen (secondary N) is 3. The van der Waals surface area contributed by atoms with Crippen LogP contribution in [0.3, 0.4) is 0 Å². The number of fused-ring (bicyclic) bond motifs is 1. The number of aromatic nitrogens is 1. The van der Waals surface area contributed by atoms with Gasteiger partial charge in [0.15, 0.2) is 11.7 Å². The van der Waals surface area contributed by atoms with Crippen LogP contribution in [0.25, 0.3) is 43.6 Å². The molecule has 734 valence electrons. The van der Waals surface area contributed by atoms with Gasteiger partial charge in [-0.05, 0) is 189 Å². The summed E-state index contributed by atoms with van der Waals surface area (Å²) in [6.07, 6.45) is 4.73. The van der Waals surface area contributed by atoms with Crippen LogP contribution in [0.15, 0.2) is 297 Å². The van der Waals surface area contributed by atoms with Crippen molar-refractivity contribution in [1.29, 1.82) is 0 Å². The molecule has 27 heteroatoms. The first-order valence-electron chi connectivity index (χ1n) is 46.1. The maximum Gasteiger partial charge on any atom is 0.339 e. The average molecular weight is 1970 g/mol. The number of thiazole rings is 1. The number of carbonyl (C=O) groups is 6. The lowest BCUT2D eigenvalue weighted by Crippen LogP contribution is -2.26. The average Bonchev–Trinajstić information content (AvgIpc) is 1.29. The fraction of sp³-hybridized carbons (Fsp3) is 0.283. The third-order valence-corrected chi connectivity index (χ3v) is 26.6. The van der Waals surface area contributed by atoms with Crippen molar-refractivity contribution in [2.45, 2.75) is 198 Å². The molecular formula is C113H126N6O17S4. The number of ether oxygens (including phenoxy) is 2. The molecule has 10 N–H and O–H groups in total. The standard InChI is InChI=1S/C29H28N2O2.C27H30N2O2.C17H24N2S.C14H10O4S2.C10H12O2S.C8H14O4.C8H8O3/c1-29(2,3)21-17-24(23-16-10-14-19-11-8-9-15-22(19)23)26(32-4)25(18-21)28-30-27(31-33-28)20-12-6-5-7-13-20;1-17-12-18(2)14-20(13-17)22-15-21(27(3,4)5)16-23(24(22)30-6)26-28-25(29-31-26)19-10-8-7-9-11-19;1-4-5-11-18-16(13(2)3)15-12-20-17(19-15)14-9-7-6-8-10-14;15-13(16)9-5-1-3-7-11(9)19-20-12-8-4-2-6-10(12)14(17)18;1-7-3-5-9(6-4-7)13-8(2)10(11)12;9-7(10)5-3-1-2-4-6-8(11)12;1-5-2-3-6(8(10)11)7(9)4-5/h5-18,28H,1-4H3,(H,30,31);7-16,26H,1-6H3,(H,28,29);6-10,12-13,16,18H,4-5,11H2,1-3H3;1-8H,(H,15,16)(H,17,18);3-6,8H,1-2H3,(H,11,12);1-6H2,(H,9,10)(H,11,12);2-4,9H,1H3,(H,10,11). The molecule has 140 heavy (non-hydrogen) atoms. The van der Waals surface area contributed by atoms with Crippen molar-refractivity contribution in [2.75, 3.05) is 20.8 Å². The Morgan fingerprint density at radius 2 is 0.914 bits per heavy atom. The molecule has 13 aromatic rings. The van der Waals surface area contributed by atoms with Crippen LogP contribution in [-0.4, -0.2) is 114 Å². The van der Waals surface area contributed by atoms with Crippen molar-refractivity contribution in [3.8, 4) is 50.1 Å². The van der Waals surface area contributed by atoms with E-state index in [0.29, 0.717) is 34.6 Å². The SMILES string of the molecule is CCCCNC(c1csc(-c2ccccc2)n1)C(C)C.COc1c(-c2cc(C)cc(C)c2)cc(C(C)(C)C)cc1C1N=C(c2ccccc2)NO1.COc1c(-c2cccc3ccccc23)cc(C(C)(C)C)cc1C1N=C(c2ccccc2)NO1.Cc1ccc(C(=O)O)c(O)c1.Cc1ccc(SC(C)C(=O)O)cc1.O=C(O)CCCCCCC(=O)O.O=C(O)c1ccccc1SSc1ccccc1C(=O)O. The second-order valence-corrected chi connectivity index (χ2v) is 40.2. The number of carboxylic acids is 6. The highest BCUT2D eigenvalue weighted by Crippen LogP contribution is 2.47. The Balaban J connectivity index is 0.000000190. The van der Waals surface area contributed by atoms with E-state index in [9.17, 15) is 28.8 Å². The van der Waals surface area contributed by atoms with E-state index in [-0.39, 0.29) is 51.4 Å². The van der Waals surface area contributed by atoms with Gasteiger partial charge >= 0.3 is 35.8 Å². The van der Waals surface area contributed by atoms with E-state index >= 15 is 0 Å². The summed E-state index contributed by atoms with van der Waals surface area (Å²) in [7, 11) is 5.90. The minimum Gasteiger partial charge on any atom is -0.507 e. The monoisotopic (exact) mass is 1970 g/mol. The van der Waals surface area contributed by atoms with Crippen LogP contribution in [0.5, 0.6) is 17.2 Å². The highest BCUT2D eigenvalue weighted by Gasteiger charge is 2.32. The minimum absolute atomic E-state index is 0.0351.